The highest BCUT2D eigenvalue weighted by Crippen LogP contribution is 2.35. The van der Waals surface area contributed by atoms with Gasteiger partial charge in [0.15, 0.2) is 0 Å². The van der Waals surface area contributed by atoms with Crippen LogP contribution in [0.5, 0.6) is 5.75 Å². The fraction of sp³-hybridized carbons (Fsp3) is 0.367. The van der Waals surface area contributed by atoms with Gasteiger partial charge < -0.3 is 20.3 Å². The SMILES string of the molecule is CNc1cc2c(Nc3ccnc(-c4ccccc4F)c3)ncnc2cc1OC1CCN(C2CCN(C)CC2)C1. The second kappa shape index (κ2) is 11.1. The Kier molecular flexibility index (Phi) is 7.26. The number of hydrogen-bond acceptors (Lipinski definition) is 8. The molecule has 0 saturated carbocycles. The smallest absolute Gasteiger partial charge is 0.145 e. The number of hydrogen-bond donors (Lipinski definition) is 2. The van der Waals surface area contributed by atoms with Gasteiger partial charge in [0.25, 0.3) is 0 Å². The summed E-state index contributed by atoms with van der Waals surface area (Å²) in [5, 5.41) is 7.52. The van der Waals surface area contributed by atoms with Gasteiger partial charge in [-0.15, -0.1) is 0 Å². The minimum Gasteiger partial charge on any atom is -0.487 e. The lowest BCUT2D eigenvalue weighted by Gasteiger charge is -2.35. The number of halogens is 1. The van der Waals surface area contributed by atoms with Crippen LogP contribution in [0.3, 0.4) is 0 Å². The van der Waals surface area contributed by atoms with Gasteiger partial charge in [-0.25, -0.2) is 14.4 Å². The van der Waals surface area contributed by atoms with Crippen LogP contribution in [-0.2, 0) is 0 Å². The molecule has 0 bridgehead atoms. The summed E-state index contributed by atoms with van der Waals surface area (Å²) in [6.45, 7) is 4.37. The molecule has 1 unspecified atom stereocenters. The third kappa shape index (κ3) is 5.51. The molecule has 2 fully saturated rings. The van der Waals surface area contributed by atoms with Gasteiger partial charge in [-0.05, 0) is 69.7 Å². The number of fused-ring (bicyclic) bond motifs is 1. The van der Waals surface area contributed by atoms with Crippen molar-refractivity contribution in [3.8, 4) is 17.0 Å². The second-order valence-corrected chi connectivity index (χ2v) is 10.4. The summed E-state index contributed by atoms with van der Waals surface area (Å²) in [6.07, 6.45) is 6.84. The van der Waals surface area contributed by atoms with Gasteiger partial charge in [0.1, 0.15) is 29.8 Å². The van der Waals surface area contributed by atoms with Crippen LogP contribution in [-0.4, -0.2) is 77.2 Å². The lowest BCUT2D eigenvalue weighted by Crippen LogP contribution is -2.43. The number of piperidine rings is 1. The third-order valence-electron chi connectivity index (χ3n) is 7.85. The van der Waals surface area contributed by atoms with Crippen LogP contribution in [0.15, 0.2) is 61.1 Å². The zero-order valence-corrected chi connectivity index (χ0v) is 22.4. The first-order valence-corrected chi connectivity index (χ1v) is 13.6. The monoisotopic (exact) mass is 527 g/mol. The zero-order chi connectivity index (χ0) is 26.8. The van der Waals surface area contributed by atoms with Crippen LogP contribution in [0.1, 0.15) is 19.3 Å². The molecule has 8 nitrogen and oxygen atoms in total. The first kappa shape index (κ1) is 25.5. The summed E-state index contributed by atoms with van der Waals surface area (Å²) in [6, 6.07) is 15.0. The molecule has 4 heterocycles. The number of pyridine rings is 1. The quantitative estimate of drug-likeness (QED) is 0.341. The van der Waals surface area contributed by atoms with E-state index >= 15 is 0 Å². The van der Waals surface area contributed by atoms with Crippen molar-refractivity contribution in [3.05, 3.63) is 66.9 Å². The molecule has 2 saturated heterocycles. The van der Waals surface area contributed by atoms with E-state index in [9.17, 15) is 4.39 Å². The molecule has 2 aliphatic rings. The molecule has 202 valence electrons. The molecule has 9 heteroatoms. The Labute approximate surface area is 228 Å². The van der Waals surface area contributed by atoms with Crippen molar-refractivity contribution in [1.82, 2.24) is 24.8 Å². The Bertz CT molecular complexity index is 1460. The van der Waals surface area contributed by atoms with Crippen molar-refractivity contribution in [2.75, 3.05) is 50.9 Å². The van der Waals surface area contributed by atoms with Gasteiger partial charge in [0.2, 0.25) is 0 Å². The first-order chi connectivity index (χ1) is 19.1. The molecule has 2 aromatic carbocycles. The normalized spacial score (nSPS) is 18.9. The number of ether oxygens (including phenoxy) is 1. The van der Waals surface area contributed by atoms with Gasteiger partial charge in [0.05, 0.1) is 16.9 Å². The van der Waals surface area contributed by atoms with Crippen LogP contribution < -0.4 is 15.4 Å². The molecule has 2 N–H and O–H groups in total. The summed E-state index contributed by atoms with van der Waals surface area (Å²) in [7, 11) is 4.10. The lowest BCUT2D eigenvalue weighted by atomic mass is 10.0. The van der Waals surface area contributed by atoms with E-state index in [1.54, 1.807) is 30.7 Å². The predicted octanol–water partition coefficient (Wildman–Crippen LogP) is 5.16. The molecule has 1 atom stereocenters. The van der Waals surface area contributed by atoms with Gasteiger partial charge in [-0.3, -0.25) is 9.88 Å². The molecule has 4 aromatic rings. The molecule has 0 amide bonds. The van der Waals surface area contributed by atoms with E-state index < -0.39 is 0 Å². The Hall–Kier alpha value is -3.82. The van der Waals surface area contributed by atoms with Gasteiger partial charge >= 0.3 is 0 Å². The second-order valence-electron chi connectivity index (χ2n) is 10.4. The molecule has 0 aliphatic carbocycles. The summed E-state index contributed by atoms with van der Waals surface area (Å²) in [5.41, 5.74) is 3.44. The summed E-state index contributed by atoms with van der Waals surface area (Å²) < 4.78 is 20.9. The van der Waals surface area contributed by atoms with Crippen molar-refractivity contribution in [3.63, 3.8) is 0 Å². The summed E-state index contributed by atoms with van der Waals surface area (Å²) >= 11 is 0. The number of anilines is 3. The third-order valence-corrected chi connectivity index (χ3v) is 7.85. The van der Waals surface area contributed by atoms with Crippen molar-refractivity contribution in [2.24, 2.45) is 0 Å². The number of nitrogens with one attached hydrogen (secondary N) is 2. The maximum absolute atomic E-state index is 14.3. The van der Waals surface area contributed by atoms with Crippen LogP contribution in [0.4, 0.5) is 21.6 Å². The highest BCUT2D eigenvalue weighted by molar-refractivity contribution is 5.95. The van der Waals surface area contributed by atoms with Crippen molar-refractivity contribution in [2.45, 2.75) is 31.4 Å². The molecule has 6 rings (SSSR count). The van der Waals surface area contributed by atoms with E-state index in [0.717, 1.165) is 47.5 Å². The number of nitrogens with zero attached hydrogens (tertiary/aromatic N) is 5. The summed E-state index contributed by atoms with van der Waals surface area (Å²) in [4.78, 5) is 18.4. The van der Waals surface area contributed by atoms with Crippen molar-refractivity contribution >= 4 is 28.1 Å². The van der Waals surface area contributed by atoms with Crippen LogP contribution >= 0.6 is 0 Å². The topological polar surface area (TPSA) is 78.4 Å². The fourth-order valence-electron chi connectivity index (χ4n) is 5.66. The average molecular weight is 528 g/mol. The fourth-order valence-corrected chi connectivity index (χ4v) is 5.66. The van der Waals surface area contributed by atoms with E-state index in [1.807, 2.05) is 31.3 Å². The van der Waals surface area contributed by atoms with E-state index in [0.29, 0.717) is 23.1 Å². The molecule has 0 spiro atoms. The Morgan fingerprint density at radius 3 is 2.64 bits per heavy atom. The van der Waals surface area contributed by atoms with Crippen LogP contribution in [0.2, 0.25) is 0 Å². The van der Waals surface area contributed by atoms with Crippen molar-refractivity contribution < 1.29 is 9.13 Å². The molecular formula is C30H34FN7O. The number of aromatic nitrogens is 3. The van der Waals surface area contributed by atoms with E-state index in [-0.39, 0.29) is 11.9 Å². The highest BCUT2D eigenvalue weighted by Gasteiger charge is 2.31. The van der Waals surface area contributed by atoms with E-state index in [4.69, 9.17) is 4.74 Å². The molecule has 39 heavy (non-hydrogen) atoms. The number of benzene rings is 2. The minimum absolute atomic E-state index is 0.155. The largest absolute Gasteiger partial charge is 0.487 e. The minimum atomic E-state index is -0.308. The van der Waals surface area contributed by atoms with Crippen LogP contribution in [0, 0.1) is 5.82 Å². The molecular weight excluding hydrogens is 493 g/mol. The van der Waals surface area contributed by atoms with Gasteiger partial charge in [-0.1, -0.05) is 12.1 Å². The first-order valence-electron chi connectivity index (χ1n) is 13.6. The summed E-state index contributed by atoms with van der Waals surface area (Å²) in [5.74, 6) is 1.15. The predicted molar refractivity (Wildman–Crippen MR) is 153 cm³/mol. The van der Waals surface area contributed by atoms with Crippen molar-refractivity contribution in [1.29, 1.82) is 0 Å². The Balaban J connectivity index is 1.21. The van der Waals surface area contributed by atoms with E-state index in [2.05, 4.69) is 42.4 Å². The zero-order valence-electron chi connectivity index (χ0n) is 22.4. The Morgan fingerprint density at radius 2 is 1.82 bits per heavy atom. The highest BCUT2D eigenvalue weighted by atomic mass is 19.1. The van der Waals surface area contributed by atoms with Crippen LogP contribution in [0.25, 0.3) is 22.2 Å². The molecule has 2 aromatic heterocycles. The van der Waals surface area contributed by atoms with Gasteiger partial charge in [0, 0.05) is 55.1 Å². The lowest BCUT2D eigenvalue weighted by molar-refractivity contribution is 0.126. The average Bonchev–Trinajstić information content (AvgIpc) is 3.42. The maximum atomic E-state index is 14.3. The number of likely N-dealkylation sites (tertiary alicyclic amines) is 2. The standard InChI is InChI=1S/C30H34FN7O/c1-32-28-16-24-27(17-29(28)39-22-10-14-38(18-22)21-8-12-37(2)13-9-21)34-19-35-30(24)36-20-7-11-33-26(15-20)23-5-3-4-6-25(23)31/h3-7,11,15-17,19,21-22,32H,8-10,12-14,18H2,1-2H3,(H,33,34,35,36). The Morgan fingerprint density at radius 1 is 0.974 bits per heavy atom. The molecule has 2 aliphatic heterocycles. The van der Waals surface area contributed by atoms with E-state index in [1.165, 1.54) is 32.0 Å². The maximum Gasteiger partial charge on any atom is 0.145 e. The number of rotatable bonds is 7. The van der Waals surface area contributed by atoms with Gasteiger partial charge in [-0.2, -0.15) is 0 Å². The molecule has 0 radical (unpaired) electrons.